The van der Waals surface area contributed by atoms with Gasteiger partial charge >= 0.3 is 6.03 Å². The zero-order chi connectivity index (χ0) is 18.9. The summed E-state index contributed by atoms with van der Waals surface area (Å²) in [5.41, 5.74) is 4.79. The van der Waals surface area contributed by atoms with Crippen molar-refractivity contribution in [1.29, 1.82) is 0 Å². The molecule has 142 valence electrons. The van der Waals surface area contributed by atoms with Crippen LogP contribution in [0.5, 0.6) is 0 Å². The maximum atomic E-state index is 13.1. The first kappa shape index (κ1) is 18.1. The van der Waals surface area contributed by atoms with Gasteiger partial charge in [-0.1, -0.05) is 42.5 Å². The number of hydrogen-bond donors (Lipinski definition) is 1. The molecule has 0 saturated carbocycles. The van der Waals surface area contributed by atoms with Gasteiger partial charge in [0.15, 0.2) is 0 Å². The van der Waals surface area contributed by atoms with Crippen LogP contribution in [0.4, 0.5) is 10.5 Å². The topological polar surface area (TPSA) is 41.6 Å². The summed E-state index contributed by atoms with van der Waals surface area (Å²) in [4.78, 5) is 15.1. The first-order chi connectivity index (χ1) is 13.1. The van der Waals surface area contributed by atoms with Gasteiger partial charge in [-0.2, -0.15) is 0 Å². The molecule has 1 saturated heterocycles. The van der Waals surface area contributed by atoms with Crippen LogP contribution in [0.25, 0.3) is 0 Å². The number of amides is 2. The molecule has 4 rings (SSSR count). The third-order valence-corrected chi connectivity index (χ3v) is 5.83. The summed E-state index contributed by atoms with van der Waals surface area (Å²) in [6.07, 6.45) is 2.83. The zero-order valence-electron chi connectivity index (χ0n) is 16.2. The minimum Gasteiger partial charge on any atom is -0.380 e. The summed E-state index contributed by atoms with van der Waals surface area (Å²) in [6, 6.07) is 16.7. The van der Waals surface area contributed by atoms with E-state index >= 15 is 0 Å². The molecule has 4 nitrogen and oxygen atoms in total. The quantitative estimate of drug-likeness (QED) is 0.880. The Morgan fingerprint density at radius 3 is 2.63 bits per heavy atom. The van der Waals surface area contributed by atoms with Crippen molar-refractivity contribution < 1.29 is 9.53 Å². The Balaban J connectivity index is 1.53. The predicted molar refractivity (Wildman–Crippen MR) is 108 cm³/mol. The van der Waals surface area contributed by atoms with E-state index in [0.29, 0.717) is 12.5 Å². The summed E-state index contributed by atoms with van der Waals surface area (Å²) in [6.45, 7) is 6.55. The first-order valence-electron chi connectivity index (χ1n) is 9.88. The minimum absolute atomic E-state index is 0.00103. The standard InChI is InChI=1S/C23H28N2O2/c1-23(2)13-11-20-19(18-15-27-16-18)9-6-10-21(20)25(23)22(26)24-14-12-17-7-4-3-5-8-17/h3-10,18H,11-16H2,1-2H3,(H,24,26). The van der Waals surface area contributed by atoms with E-state index < -0.39 is 0 Å². The molecule has 2 aliphatic rings. The number of hydrogen-bond acceptors (Lipinski definition) is 2. The van der Waals surface area contributed by atoms with Crippen molar-refractivity contribution in [2.24, 2.45) is 0 Å². The fourth-order valence-electron chi connectivity index (χ4n) is 4.16. The van der Waals surface area contributed by atoms with E-state index in [4.69, 9.17) is 4.74 Å². The Morgan fingerprint density at radius 2 is 1.93 bits per heavy atom. The number of nitrogens with zero attached hydrogens (tertiary/aromatic N) is 1. The van der Waals surface area contributed by atoms with Crippen LogP contribution in [0.15, 0.2) is 48.5 Å². The van der Waals surface area contributed by atoms with Crippen molar-refractivity contribution in [3.63, 3.8) is 0 Å². The molecule has 0 aromatic heterocycles. The molecule has 1 N–H and O–H groups in total. The number of ether oxygens (including phenoxy) is 1. The molecule has 0 radical (unpaired) electrons. The average molecular weight is 364 g/mol. The molecular weight excluding hydrogens is 336 g/mol. The molecule has 0 atom stereocenters. The van der Waals surface area contributed by atoms with E-state index in [1.54, 1.807) is 0 Å². The highest BCUT2D eigenvalue weighted by Crippen LogP contribution is 2.41. The lowest BCUT2D eigenvalue weighted by Crippen LogP contribution is -2.55. The summed E-state index contributed by atoms with van der Waals surface area (Å²) in [5, 5.41) is 3.14. The largest absolute Gasteiger partial charge is 0.380 e. The normalized spacial score (nSPS) is 18.5. The molecule has 27 heavy (non-hydrogen) atoms. The van der Waals surface area contributed by atoms with E-state index in [9.17, 15) is 4.79 Å². The smallest absolute Gasteiger partial charge is 0.322 e. The monoisotopic (exact) mass is 364 g/mol. The number of anilines is 1. The number of carbonyl (C=O) groups excluding carboxylic acids is 1. The third kappa shape index (κ3) is 3.59. The number of benzene rings is 2. The molecule has 0 bridgehead atoms. The lowest BCUT2D eigenvalue weighted by atomic mass is 9.82. The molecule has 2 aliphatic heterocycles. The molecule has 2 heterocycles. The second kappa shape index (κ2) is 7.35. The summed E-state index contributed by atoms with van der Waals surface area (Å²) in [7, 11) is 0. The number of fused-ring (bicyclic) bond motifs is 1. The molecule has 0 aliphatic carbocycles. The van der Waals surface area contributed by atoms with Crippen LogP contribution in [0, 0.1) is 0 Å². The fraction of sp³-hybridized carbons (Fsp3) is 0.435. The van der Waals surface area contributed by atoms with Gasteiger partial charge < -0.3 is 10.1 Å². The minimum atomic E-state index is -0.196. The van der Waals surface area contributed by atoms with Crippen LogP contribution in [0.2, 0.25) is 0 Å². The van der Waals surface area contributed by atoms with Crippen molar-refractivity contribution in [3.8, 4) is 0 Å². The Bertz CT molecular complexity index is 812. The average Bonchev–Trinajstić information content (AvgIpc) is 2.60. The number of nitrogens with one attached hydrogen (secondary N) is 1. The van der Waals surface area contributed by atoms with Gasteiger partial charge in [-0.3, -0.25) is 4.90 Å². The summed E-state index contributed by atoms with van der Waals surface area (Å²) < 4.78 is 5.40. The highest BCUT2D eigenvalue weighted by Gasteiger charge is 2.38. The number of urea groups is 1. The van der Waals surface area contributed by atoms with Crippen molar-refractivity contribution >= 4 is 11.7 Å². The van der Waals surface area contributed by atoms with Gasteiger partial charge in [0.25, 0.3) is 0 Å². The highest BCUT2D eigenvalue weighted by molar-refractivity contribution is 5.95. The van der Waals surface area contributed by atoms with E-state index in [-0.39, 0.29) is 11.6 Å². The zero-order valence-corrected chi connectivity index (χ0v) is 16.2. The maximum Gasteiger partial charge on any atom is 0.322 e. The van der Waals surface area contributed by atoms with E-state index in [1.807, 2.05) is 23.1 Å². The van der Waals surface area contributed by atoms with Crippen LogP contribution in [0.3, 0.4) is 0 Å². The molecule has 1 fully saturated rings. The van der Waals surface area contributed by atoms with Gasteiger partial charge in [-0.15, -0.1) is 0 Å². The predicted octanol–water partition coefficient (Wildman–Crippen LogP) is 4.28. The van der Waals surface area contributed by atoms with Crippen LogP contribution in [-0.4, -0.2) is 31.3 Å². The van der Waals surface area contributed by atoms with Gasteiger partial charge in [0, 0.05) is 23.7 Å². The van der Waals surface area contributed by atoms with Crippen molar-refractivity contribution in [1.82, 2.24) is 5.32 Å². The van der Waals surface area contributed by atoms with E-state index in [1.165, 1.54) is 16.7 Å². The van der Waals surface area contributed by atoms with Crippen molar-refractivity contribution in [2.75, 3.05) is 24.7 Å². The molecule has 2 aromatic rings. The lowest BCUT2D eigenvalue weighted by molar-refractivity contribution is 0.00802. The molecular formula is C23H28N2O2. The first-order valence-corrected chi connectivity index (χ1v) is 9.88. The lowest BCUT2D eigenvalue weighted by Gasteiger charge is -2.44. The fourth-order valence-corrected chi connectivity index (χ4v) is 4.16. The highest BCUT2D eigenvalue weighted by atomic mass is 16.5. The van der Waals surface area contributed by atoms with Gasteiger partial charge in [-0.25, -0.2) is 4.79 Å². The number of carbonyl (C=O) groups is 1. The summed E-state index contributed by atoms with van der Waals surface area (Å²) in [5.74, 6) is 0.476. The third-order valence-electron chi connectivity index (χ3n) is 5.83. The van der Waals surface area contributed by atoms with Crippen LogP contribution < -0.4 is 10.2 Å². The molecule has 0 unspecified atom stereocenters. The van der Waals surface area contributed by atoms with Gasteiger partial charge in [-0.05, 0) is 55.9 Å². The molecule has 2 amide bonds. The summed E-state index contributed by atoms with van der Waals surface area (Å²) >= 11 is 0. The van der Waals surface area contributed by atoms with E-state index in [0.717, 1.165) is 38.2 Å². The Morgan fingerprint density at radius 1 is 1.15 bits per heavy atom. The van der Waals surface area contributed by atoms with Crippen molar-refractivity contribution in [2.45, 2.75) is 44.6 Å². The van der Waals surface area contributed by atoms with Gasteiger partial charge in [0.1, 0.15) is 0 Å². The van der Waals surface area contributed by atoms with Gasteiger partial charge in [0.2, 0.25) is 0 Å². The Labute approximate surface area is 161 Å². The molecule has 0 spiro atoms. The Hall–Kier alpha value is -2.33. The van der Waals surface area contributed by atoms with Gasteiger partial charge in [0.05, 0.1) is 13.2 Å². The van der Waals surface area contributed by atoms with Crippen LogP contribution >= 0.6 is 0 Å². The second-order valence-electron chi connectivity index (χ2n) is 8.19. The van der Waals surface area contributed by atoms with Crippen LogP contribution in [-0.2, 0) is 17.6 Å². The molecule has 4 heteroatoms. The Kier molecular flexibility index (Phi) is 4.92. The van der Waals surface area contributed by atoms with E-state index in [2.05, 4.69) is 49.5 Å². The maximum absolute atomic E-state index is 13.1. The van der Waals surface area contributed by atoms with Crippen molar-refractivity contribution in [3.05, 3.63) is 65.2 Å². The van der Waals surface area contributed by atoms with Crippen LogP contribution in [0.1, 0.15) is 42.9 Å². The molecule has 2 aromatic carbocycles. The second-order valence-corrected chi connectivity index (χ2v) is 8.19. The SMILES string of the molecule is CC1(C)CCc2c(C3COC3)cccc2N1C(=O)NCCc1ccccc1. The number of rotatable bonds is 4.